The number of rotatable bonds is 17. The third-order valence-corrected chi connectivity index (χ3v) is 8.65. The number of hydrogen-bond donors (Lipinski definition) is 0. The normalized spacial score (nSPS) is 11.4. The first-order chi connectivity index (χ1) is 23.7. The van der Waals surface area contributed by atoms with Crippen LogP contribution in [-0.4, -0.2) is 65.6 Å². The first-order valence-corrected chi connectivity index (χ1v) is 17.1. The van der Waals surface area contributed by atoms with E-state index in [4.69, 9.17) is 29.9 Å². The Labute approximate surface area is 291 Å². The number of alkyl halides is 1. The number of halogens is 1. The summed E-state index contributed by atoms with van der Waals surface area (Å²) < 4.78 is 25.5. The molecule has 2 heterocycles. The van der Waals surface area contributed by atoms with Crippen molar-refractivity contribution < 1.29 is 33.0 Å². The molecule has 2 aliphatic rings. The quantitative estimate of drug-likeness (QED) is 0.0385. The average Bonchev–Trinajstić information content (AvgIpc) is 3.54. The molecule has 0 N–H and O–H groups in total. The van der Waals surface area contributed by atoms with E-state index in [-0.39, 0.29) is 17.8 Å². The molecule has 258 valence electrons. The van der Waals surface area contributed by atoms with Gasteiger partial charge in [0.15, 0.2) is 5.78 Å². The Morgan fingerprint density at radius 2 is 1.63 bits per heavy atom. The predicted octanol–water partition coefficient (Wildman–Crippen LogP) is 6.02. The van der Waals surface area contributed by atoms with Crippen molar-refractivity contribution >= 4 is 40.0 Å². The van der Waals surface area contributed by atoms with E-state index in [0.717, 1.165) is 52.8 Å². The van der Waals surface area contributed by atoms with Crippen molar-refractivity contribution in [1.29, 1.82) is 0 Å². The second-order valence-electron chi connectivity index (χ2n) is 12.4. The Morgan fingerprint density at radius 1 is 0.837 bits per heavy atom. The largest absolute Gasteiger partial charge is 0.545 e. The molecule has 9 nitrogen and oxygen atoms in total. The number of hydrogen-bond acceptors (Lipinski definition) is 8. The third-order valence-electron chi connectivity index (χ3n) is 8.39. The SMILES string of the molecule is CN(C)c1ccc2c(-c3cc(C(=O)CCCOCCOCc4ccc(CCCCCl)o4)ccc3C(=O)[O-])c3ccc(=[N+](C)C)cc-3oc2c1. The monoisotopic (exact) mass is 686 g/mol. The zero-order valence-electron chi connectivity index (χ0n) is 28.6. The highest BCUT2D eigenvalue weighted by Crippen LogP contribution is 2.42. The third kappa shape index (κ3) is 8.97. The standard InChI is InChI=1S/C39H43ClN2O7/c1-41(2)27-11-16-32-36(23-27)49-37-24-28(42(3)4)12-17-33(37)38(32)34-22-26(10-15-31(34)39(44)45)35(43)9-7-19-46-20-21-47-25-30-14-13-29(48-30)8-5-6-18-40/h10-17,22-24H,5-9,18-21,25H2,1-4H3. The number of benzene rings is 3. The van der Waals surface area contributed by atoms with Crippen molar-refractivity contribution in [2.45, 2.75) is 38.7 Å². The van der Waals surface area contributed by atoms with Crippen LogP contribution in [0.5, 0.6) is 0 Å². The minimum Gasteiger partial charge on any atom is -0.545 e. The number of aryl methyl sites for hydroxylation is 1. The Hall–Kier alpha value is -4.44. The maximum Gasteiger partial charge on any atom is 0.203 e. The van der Waals surface area contributed by atoms with E-state index >= 15 is 0 Å². The number of anilines is 1. The highest BCUT2D eigenvalue weighted by molar-refractivity contribution is 6.17. The van der Waals surface area contributed by atoms with Gasteiger partial charge in [0, 0.05) is 84.9 Å². The number of furan rings is 1. The predicted molar refractivity (Wildman–Crippen MR) is 190 cm³/mol. The topological polar surface area (TPSA) is 108 Å². The second kappa shape index (κ2) is 16.8. The number of ether oxygens (including phenoxy) is 2. The Bertz CT molecular complexity index is 1950. The molecule has 0 spiro atoms. The van der Waals surface area contributed by atoms with Crippen LogP contribution in [0.25, 0.3) is 33.4 Å². The van der Waals surface area contributed by atoms with E-state index < -0.39 is 5.97 Å². The molecule has 10 heteroatoms. The van der Waals surface area contributed by atoms with Gasteiger partial charge in [-0.15, -0.1) is 11.6 Å². The first-order valence-electron chi connectivity index (χ1n) is 16.5. The number of unbranched alkanes of at least 4 members (excludes halogenated alkanes) is 1. The molecule has 0 amide bonds. The molecule has 0 radical (unpaired) electrons. The van der Waals surface area contributed by atoms with Crippen LogP contribution < -0.4 is 19.9 Å². The minimum absolute atomic E-state index is 0.000786. The van der Waals surface area contributed by atoms with Gasteiger partial charge < -0.3 is 33.1 Å². The summed E-state index contributed by atoms with van der Waals surface area (Å²) in [6.45, 7) is 1.56. The van der Waals surface area contributed by atoms with Crippen LogP contribution in [0.1, 0.15) is 57.9 Å². The summed E-state index contributed by atoms with van der Waals surface area (Å²) in [6.07, 6.45) is 3.57. The highest BCUT2D eigenvalue weighted by Gasteiger charge is 2.22. The van der Waals surface area contributed by atoms with E-state index in [9.17, 15) is 14.7 Å². The van der Waals surface area contributed by atoms with Gasteiger partial charge in [0.2, 0.25) is 5.36 Å². The van der Waals surface area contributed by atoms with Gasteiger partial charge in [0.1, 0.15) is 43.6 Å². The van der Waals surface area contributed by atoms with Crippen LogP contribution in [0.2, 0.25) is 0 Å². The Balaban J connectivity index is 1.28. The summed E-state index contributed by atoms with van der Waals surface area (Å²) in [4.78, 5) is 27.8. The summed E-state index contributed by atoms with van der Waals surface area (Å²) in [7, 11) is 7.77. The van der Waals surface area contributed by atoms with E-state index in [2.05, 4.69) is 0 Å². The molecule has 49 heavy (non-hydrogen) atoms. The van der Waals surface area contributed by atoms with Crippen LogP contribution >= 0.6 is 11.6 Å². The average molecular weight is 687 g/mol. The molecule has 2 aromatic carbocycles. The van der Waals surface area contributed by atoms with Crippen LogP contribution in [0.3, 0.4) is 0 Å². The van der Waals surface area contributed by atoms with Crippen molar-refractivity contribution in [3.05, 3.63) is 94.7 Å². The Morgan fingerprint density at radius 3 is 2.39 bits per heavy atom. The fraction of sp³-hybridized carbons (Fsp3) is 0.359. The number of Topliss-reactive ketones (excluding diaryl/α,β-unsaturated/α-hetero) is 1. The fourth-order valence-electron chi connectivity index (χ4n) is 5.72. The Kier molecular flexibility index (Phi) is 12.3. The minimum atomic E-state index is -1.32. The van der Waals surface area contributed by atoms with Crippen molar-refractivity contribution in [2.75, 3.05) is 58.8 Å². The molecular formula is C39H43ClN2O7. The zero-order valence-corrected chi connectivity index (χ0v) is 29.3. The molecular weight excluding hydrogens is 644 g/mol. The first kappa shape index (κ1) is 35.9. The lowest BCUT2D eigenvalue weighted by Crippen LogP contribution is -2.23. The smallest absolute Gasteiger partial charge is 0.203 e. The van der Waals surface area contributed by atoms with Crippen molar-refractivity contribution in [3.63, 3.8) is 0 Å². The lowest BCUT2D eigenvalue weighted by Gasteiger charge is -2.20. The summed E-state index contributed by atoms with van der Waals surface area (Å²) >= 11 is 5.74. The summed E-state index contributed by atoms with van der Waals surface area (Å²) in [5, 5.41) is 14.1. The molecule has 0 unspecified atom stereocenters. The van der Waals surface area contributed by atoms with Crippen molar-refractivity contribution in [1.82, 2.24) is 4.58 Å². The molecule has 0 fully saturated rings. The number of carboxylic acid groups (broad SMARTS) is 1. The van der Waals surface area contributed by atoms with Crippen molar-refractivity contribution in [2.24, 2.45) is 0 Å². The molecule has 5 rings (SSSR count). The molecule has 0 saturated heterocycles. The van der Waals surface area contributed by atoms with Gasteiger partial charge >= 0.3 is 0 Å². The van der Waals surface area contributed by atoms with Gasteiger partial charge in [-0.3, -0.25) is 4.79 Å². The van der Waals surface area contributed by atoms with Crippen LogP contribution in [0, 0.1) is 0 Å². The molecule has 3 aromatic rings. The lowest BCUT2D eigenvalue weighted by molar-refractivity contribution is -0.254. The number of fused-ring (bicyclic) bond motifs is 2. The van der Waals surface area contributed by atoms with Gasteiger partial charge in [-0.2, -0.15) is 0 Å². The van der Waals surface area contributed by atoms with Gasteiger partial charge in [-0.05, 0) is 61.2 Å². The summed E-state index contributed by atoms with van der Waals surface area (Å²) in [6, 6.07) is 20.2. The van der Waals surface area contributed by atoms with Gasteiger partial charge in [-0.25, -0.2) is 4.58 Å². The number of carboxylic acids is 1. The number of aromatic carboxylic acids is 1. The van der Waals surface area contributed by atoms with E-state index in [1.807, 2.05) is 86.2 Å². The maximum absolute atomic E-state index is 13.4. The summed E-state index contributed by atoms with van der Waals surface area (Å²) in [5.74, 6) is 1.53. The van der Waals surface area contributed by atoms with Crippen LogP contribution in [0.4, 0.5) is 5.69 Å². The maximum atomic E-state index is 13.4. The highest BCUT2D eigenvalue weighted by atomic mass is 35.5. The van der Waals surface area contributed by atoms with E-state index in [0.29, 0.717) is 66.8 Å². The van der Waals surface area contributed by atoms with E-state index in [1.54, 1.807) is 12.1 Å². The molecule has 0 atom stereocenters. The van der Waals surface area contributed by atoms with Gasteiger partial charge in [-0.1, -0.05) is 12.1 Å². The van der Waals surface area contributed by atoms with E-state index in [1.165, 1.54) is 6.07 Å². The molecule has 1 aliphatic carbocycles. The molecule has 0 saturated carbocycles. The van der Waals surface area contributed by atoms with Crippen LogP contribution in [-0.2, 0) is 22.5 Å². The number of nitrogens with zero attached hydrogens (tertiary/aromatic N) is 2. The summed E-state index contributed by atoms with van der Waals surface area (Å²) in [5.41, 5.74) is 3.75. The molecule has 1 aliphatic heterocycles. The number of ketones is 1. The van der Waals surface area contributed by atoms with Gasteiger partial charge in [0.25, 0.3) is 0 Å². The molecule has 0 bridgehead atoms. The number of carbonyl (C=O) groups excluding carboxylic acids is 2. The molecule has 1 aromatic heterocycles. The zero-order chi connectivity index (χ0) is 34.9. The van der Waals surface area contributed by atoms with Crippen molar-refractivity contribution in [3.8, 4) is 22.5 Å². The second-order valence-corrected chi connectivity index (χ2v) is 12.8. The number of carbonyl (C=O) groups is 2. The van der Waals surface area contributed by atoms with Crippen LogP contribution in [0.15, 0.2) is 75.6 Å². The fourth-order valence-corrected chi connectivity index (χ4v) is 5.91. The van der Waals surface area contributed by atoms with Gasteiger partial charge in [0.05, 0.1) is 25.2 Å². The lowest BCUT2D eigenvalue weighted by atomic mass is 9.88.